The van der Waals surface area contributed by atoms with Crippen molar-refractivity contribution >= 4 is 5.78 Å². The third kappa shape index (κ3) is 6.24. The van der Waals surface area contributed by atoms with Gasteiger partial charge in [-0.1, -0.05) is 54.6 Å². The zero-order valence-electron chi connectivity index (χ0n) is 14.2. The van der Waals surface area contributed by atoms with Crippen molar-refractivity contribution < 1.29 is 19.4 Å². The Labute approximate surface area is 143 Å². The summed E-state index contributed by atoms with van der Waals surface area (Å²) in [7, 11) is 0. The van der Waals surface area contributed by atoms with E-state index in [-0.39, 0.29) is 5.78 Å². The average Bonchev–Trinajstić information content (AvgIpc) is 2.58. The number of ketones is 1. The molecule has 0 amide bonds. The van der Waals surface area contributed by atoms with E-state index >= 15 is 0 Å². The lowest BCUT2D eigenvalue weighted by molar-refractivity contribution is -0.177. The van der Waals surface area contributed by atoms with Gasteiger partial charge in [-0.25, -0.2) is 0 Å². The lowest BCUT2D eigenvalue weighted by atomic mass is 10.0. The molecule has 0 saturated carbocycles. The number of benzene rings is 2. The number of aliphatic hydroxyl groups is 1. The quantitative estimate of drug-likeness (QED) is 0.434. The van der Waals surface area contributed by atoms with E-state index in [1.54, 1.807) is 13.8 Å². The molecule has 0 aromatic heterocycles. The fourth-order valence-electron chi connectivity index (χ4n) is 2.18. The molecule has 0 atom stereocenters. The molecule has 2 aromatic rings. The summed E-state index contributed by atoms with van der Waals surface area (Å²) in [4.78, 5) is 12.3. The van der Waals surface area contributed by atoms with E-state index < -0.39 is 5.79 Å². The Hall–Kier alpha value is -2.01. The molecule has 0 spiro atoms. The number of rotatable bonds is 9. The van der Waals surface area contributed by atoms with Crippen LogP contribution in [0.5, 0.6) is 0 Å². The Morgan fingerprint density at radius 3 is 2.21 bits per heavy atom. The van der Waals surface area contributed by atoms with Gasteiger partial charge in [-0.3, -0.25) is 4.79 Å². The first-order valence-electron chi connectivity index (χ1n) is 8.08. The number of hydrogen-bond acceptors (Lipinski definition) is 4. The average molecular weight is 328 g/mol. The largest absolute Gasteiger partial charge is 0.377 e. The van der Waals surface area contributed by atoms with Gasteiger partial charge in [-0.05, 0) is 25.8 Å². The molecule has 0 fully saturated rings. The molecule has 0 radical (unpaired) electrons. The van der Waals surface area contributed by atoms with Gasteiger partial charge in [0, 0.05) is 17.7 Å². The molecule has 2 aromatic carbocycles. The topological polar surface area (TPSA) is 55.8 Å². The Balaban J connectivity index is 1.75. The number of carbonyl (C=O) groups is 1. The summed E-state index contributed by atoms with van der Waals surface area (Å²) >= 11 is 0. The highest BCUT2D eigenvalue weighted by molar-refractivity contribution is 6.08. The van der Waals surface area contributed by atoms with E-state index in [0.717, 1.165) is 5.56 Å². The molecular formula is C20H24O4. The van der Waals surface area contributed by atoms with Crippen molar-refractivity contribution in [3.05, 3.63) is 71.3 Å². The molecule has 4 nitrogen and oxygen atoms in total. The second-order valence-electron chi connectivity index (χ2n) is 6.09. The number of hydrogen-bond donors (Lipinski definition) is 1. The van der Waals surface area contributed by atoms with Crippen LogP contribution in [0.2, 0.25) is 0 Å². The third-order valence-electron chi connectivity index (χ3n) is 3.41. The highest BCUT2D eigenvalue weighted by Crippen LogP contribution is 2.12. The fraction of sp³-hybridized carbons (Fsp3) is 0.350. The monoisotopic (exact) mass is 328 g/mol. The second kappa shape index (κ2) is 8.73. The standard InChI is InChI=1S/C20H24O4/c1-20(2,22)24-14-6-13-23-15-16-9-11-18(12-10-16)19(21)17-7-4-3-5-8-17/h3-5,7-12,22H,6,13-15H2,1-2H3. The summed E-state index contributed by atoms with van der Waals surface area (Å²) in [5, 5.41) is 9.41. The molecule has 24 heavy (non-hydrogen) atoms. The Bertz CT molecular complexity index is 627. The number of carbonyl (C=O) groups excluding carboxylic acids is 1. The van der Waals surface area contributed by atoms with Crippen LogP contribution in [0.1, 0.15) is 41.8 Å². The van der Waals surface area contributed by atoms with Crippen molar-refractivity contribution in [2.75, 3.05) is 13.2 Å². The lowest BCUT2D eigenvalue weighted by Crippen LogP contribution is -2.24. The molecule has 4 heteroatoms. The molecular weight excluding hydrogens is 304 g/mol. The third-order valence-corrected chi connectivity index (χ3v) is 3.41. The first-order valence-corrected chi connectivity index (χ1v) is 8.08. The molecule has 0 saturated heterocycles. The highest BCUT2D eigenvalue weighted by atomic mass is 16.6. The van der Waals surface area contributed by atoms with Crippen molar-refractivity contribution in [2.45, 2.75) is 32.7 Å². The van der Waals surface area contributed by atoms with Crippen LogP contribution in [-0.4, -0.2) is 29.9 Å². The predicted octanol–water partition coefficient (Wildman–Crippen LogP) is 3.57. The van der Waals surface area contributed by atoms with E-state index in [0.29, 0.717) is 37.4 Å². The maximum Gasteiger partial charge on any atom is 0.193 e. The van der Waals surface area contributed by atoms with Gasteiger partial charge < -0.3 is 14.6 Å². The predicted molar refractivity (Wildman–Crippen MR) is 92.8 cm³/mol. The summed E-state index contributed by atoms with van der Waals surface area (Å²) in [5.74, 6) is -1.08. The number of ether oxygens (including phenoxy) is 2. The summed E-state index contributed by atoms with van der Waals surface area (Å²) in [6, 6.07) is 16.7. The zero-order chi connectivity index (χ0) is 17.4. The van der Waals surface area contributed by atoms with Crippen LogP contribution >= 0.6 is 0 Å². The van der Waals surface area contributed by atoms with Crippen molar-refractivity contribution in [1.82, 2.24) is 0 Å². The van der Waals surface area contributed by atoms with E-state index in [2.05, 4.69) is 0 Å². The molecule has 0 aliphatic rings. The first-order chi connectivity index (χ1) is 11.5. The molecule has 0 unspecified atom stereocenters. The summed E-state index contributed by atoms with van der Waals surface area (Å²) in [6.45, 7) is 4.70. The Kier molecular flexibility index (Phi) is 6.67. The smallest absolute Gasteiger partial charge is 0.193 e. The van der Waals surface area contributed by atoms with Crippen molar-refractivity contribution in [3.8, 4) is 0 Å². The van der Waals surface area contributed by atoms with Gasteiger partial charge in [0.25, 0.3) is 0 Å². The highest BCUT2D eigenvalue weighted by Gasteiger charge is 2.11. The van der Waals surface area contributed by atoms with Crippen LogP contribution in [0.4, 0.5) is 0 Å². The van der Waals surface area contributed by atoms with E-state index in [4.69, 9.17) is 9.47 Å². The molecule has 0 heterocycles. The minimum absolute atomic E-state index is 0.0202. The van der Waals surface area contributed by atoms with Gasteiger partial charge in [-0.15, -0.1) is 0 Å². The summed E-state index contributed by atoms with van der Waals surface area (Å²) in [6.07, 6.45) is 0.717. The van der Waals surface area contributed by atoms with E-state index in [9.17, 15) is 9.90 Å². The van der Waals surface area contributed by atoms with Gasteiger partial charge in [0.15, 0.2) is 11.6 Å². The Morgan fingerprint density at radius 2 is 1.58 bits per heavy atom. The van der Waals surface area contributed by atoms with Crippen LogP contribution in [0.3, 0.4) is 0 Å². The van der Waals surface area contributed by atoms with Gasteiger partial charge in [0.2, 0.25) is 0 Å². The fourth-order valence-corrected chi connectivity index (χ4v) is 2.18. The molecule has 0 aliphatic carbocycles. The normalized spacial score (nSPS) is 11.5. The van der Waals surface area contributed by atoms with Gasteiger partial charge in [0.05, 0.1) is 13.2 Å². The SMILES string of the molecule is CC(C)(O)OCCCOCc1ccc(C(=O)c2ccccc2)cc1. The van der Waals surface area contributed by atoms with Crippen molar-refractivity contribution in [2.24, 2.45) is 0 Å². The maximum absolute atomic E-state index is 12.3. The lowest BCUT2D eigenvalue weighted by Gasteiger charge is -2.17. The van der Waals surface area contributed by atoms with Crippen LogP contribution in [-0.2, 0) is 16.1 Å². The van der Waals surface area contributed by atoms with Gasteiger partial charge in [-0.2, -0.15) is 0 Å². The summed E-state index contributed by atoms with van der Waals surface area (Å²) < 4.78 is 10.8. The second-order valence-corrected chi connectivity index (χ2v) is 6.09. The van der Waals surface area contributed by atoms with Crippen LogP contribution in [0, 0.1) is 0 Å². The molecule has 0 aliphatic heterocycles. The van der Waals surface area contributed by atoms with Crippen molar-refractivity contribution in [1.29, 1.82) is 0 Å². The summed E-state index contributed by atoms with van der Waals surface area (Å²) in [5.41, 5.74) is 2.37. The molecule has 2 rings (SSSR count). The van der Waals surface area contributed by atoms with Crippen LogP contribution < -0.4 is 0 Å². The van der Waals surface area contributed by atoms with E-state index in [1.807, 2.05) is 54.6 Å². The van der Waals surface area contributed by atoms with E-state index in [1.165, 1.54) is 0 Å². The molecule has 0 bridgehead atoms. The van der Waals surface area contributed by atoms with Gasteiger partial charge >= 0.3 is 0 Å². The van der Waals surface area contributed by atoms with Gasteiger partial charge in [0.1, 0.15) is 0 Å². The zero-order valence-corrected chi connectivity index (χ0v) is 14.2. The van der Waals surface area contributed by atoms with Crippen LogP contribution in [0.15, 0.2) is 54.6 Å². The van der Waals surface area contributed by atoms with Crippen molar-refractivity contribution in [3.63, 3.8) is 0 Å². The minimum Gasteiger partial charge on any atom is -0.377 e. The minimum atomic E-state index is -1.10. The Morgan fingerprint density at radius 1 is 0.958 bits per heavy atom. The molecule has 128 valence electrons. The maximum atomic E-state index is 12.3. The van der Waals surface area contributed by atoms with Crippen LogP contribution in [0.25, 0.3) is 0 Å². The molecule has 1 N–H and O–H groups in total. The first kappa shape index (κ1) is 18.3.